The quantitative estimate of drug-likeness (QED) is 0.806. The van der Waals surface area contributed by atoms with Crippen molar-refractivity contribution in [3.8, 4) is 5.75 Å². The van der Waals surface area contributed by atoms with E-state index < -0.39 is 28.8 Å². The first-order chi connectivity index (χ1) is 6.73. The van der Waals surface area contributed by atoms with Crippen LogP contribution in [0.1, 0.15) is 32.4 Å². The number of nitrogens with two attached hydrogens (primary N) is 1. The molecule has 0 bridgehead atoms. The second-order valence-corrected chi connectivity index (χ2v) is 4.66. The third kappa shape index (κ3) is 3.06. The minimum atomic E-state index is -0.810. The summed E-state index contributed by atoms with van der Waals surface area (Å²) in [6.07, 6.45) is 0. The molecule has 0 saturated heterocycles. The Morgan fingerprint density at radius 3 is 2.12 bits per heavy atom. The second-order valence-electron chi connectivity index (χ2n) is 4.66. The van der Waals surface area contributed by atoms with E-state index in [1.54, 1.807) is 0 Å². The van der Waals surface area contributed by atoms with Gasteiger partial charge < -0.3 is 10.8 Å². The van der Waals surface area contributed by atoms with Crippen LogP contribution in [0.25, 0.3) is 0 Å². The Hall–Kier alpha value is -0.870. The van der Waals surface area contributed by atoms with E-state index in [0.29, 0.717) is 0 Å². The van der Waals surface area contributed by atoms with Crippen LogP contribution >= 0.6 is 12.4 Å². The van der Waals surface area contributed by atoms with E-state index >= 15 is 0 Å². The molecule has 0 spiro atoms. The highest BCUT2D eigenvalue weighted by atomic mass is 35.5. The van der Waals surface area contributed by atoms with Gasteiger partial charge >= 0.3 is 0 Å². The summed E-state index contributed by atoms with van der Waals surface area (Å²) in [6, 6.07) is 0.906. The smallest absolute Gasteiger partial charge is 0.134 e. The molecule has 0 unspecified atom stereocenters. The fraction of sp³-hybridized carbons (Fsp3) is 0.455. The Morgan fingerprint density at radius 1 is 1.25 bits per heavy atom. The Morgan fingerprint density at radius 2 is 1.75 bits per heavy atom. The maximum Gasteiger partial charge on any atom is 0.134 e. The highest BCUT2D eigenvalue weighted by Crippen LogP contribution is 2.36. The second kappa shape index (κ2) is 4.97. The van der Waals surface area contributed by atoms with Gasteiger partial charge in [0, 0.05) is 23.7 Å². The molecule has 0 aliphatic heterocycles. The molecule has 1 atom stereocenters. The summed E-state index contributed by atoms with van der Waals surface area (Å²) in [5.41, 5.74) is 5.36. The number of phenolic OH excluding ortho intramolecular Hbond substituents is 1. The van der Waals surface area contributed by atoms with Gasteiger partial charge in [-0.1, -0.05) is 20.8 Å². The zero-order valence-electron chi connectivity index (χ0n) is 9.42. The summed E-state index contributed by atoms with van der Waals surface area (Å²) in [6.45, 7) is 5.46. The van der Waals surface area contributed by atoms with Crippen molar-refractivity contribution in [2.24, 2.45) is 11.1 Å². The van der Waals surface area contributed by atoms with Crippen molar-refractivity contribution >= 4 is 12.4 Å². The van der Waals surface area contributed by atoms with Crippen molar-refractivity contribution in [1.82, 2.24) is 0 Å². The van der Waals surface area contributed by atoms with E-state index in [4.69, 9.17) is 5.73 Å². The molecule has 0 radical (unpaired) electrons. The van der Waals surface area contributed by atoms with Crippen LogP contribution in [0, 0.1) is 17.0 Å². The van der Waals surface area contributed by atoms with E-state index in [1.165, 1.54) is 0 Å². The van der Waals surface area contributed by atoms with E-state index in [2.05, 4.69) is 0 Å². The number of hydrogen-bond donors (Lipinski definition) is 2. The van der Waals surface area contributed by atoms with Gasteiger partial charge in [0.05, 0.1) is 0 Å². The average Bonchev–Trinajstić information content (AvgIpc) is 1.99. The summed E-state index contributed by atoms with van der Waals surface area (Å²) in [4.78, 5) is 0. The van der Waals surface area contributed by atoms with Crippen LogP contribution in [0.2, 0.25) is 0 Å². The summed E-state index contributed by atoms with van der Waals surface area (Å²) >= 11 is 0. The molecule has 0 heterocycles. The van der Waals surface area contributed by atoms with Crippen molar-refractivity contribution in [2.75, 3.05) is 0 Å². The Kier molecular flexibility index (Phi) is 4.70. The summed E-state index contributed by atoms with van der Waals surface area (Å²) in [7, 11) is 0. The normalized spacial score (nSPS) is 13.1. The molecule has 0 amide bonds. The third-order valence-corrected chi connectivity index (χ3v) is 2.32. The van der Waals surface area contributed by atoms with Gasteiger partial charge in [0.25, 0.3) is 0 Å². The lowest BCUT2D eigenvalue weighted by atomic mass is 9.82. The van der Waals surface area contributed by atoms with Crippen LogP contribution in [-0.2, 0) is 0 Å². The van der Waals surface area contributed by atoms with Crippen LogP contribution in [0.3, 0.4) is 0 Å². The molecule has 16 heavy (non-hydrogen) atoms. The first-order valence-corrected chi connectivity index (χ1v) is 4.67. The van der Waals surface area contributed by atoms with Crippen LogP contribution in [-0.4, -0.2) is 5.11 Å². The van der Waals surface area contributed by atoms with Crippen molar-refractivity contribution in [3.05, 3.63) is 29.3 Å². The number of hydrogen-bond acceptors (Lipinski definition) is 2. The van der Waals surface area contributed by atoms with Crippen LogP contribution in [0.5, 0.6) is 5.75 Å². The molecule has 0 aromatic heterocycles. The number of phenols is 1. The molecule has 0 saturated carbocycles. The highest BCUT2D eigenvalue weighted by Gasteiger charge is 2.27. The van der Waals surface area contributed by atoms with Crippen LogP contribution < -0.4 is 5.73 Å². The Balaban J connectivity index is 0.00000225. The Labute approximate surface area is 99.9 Å². The molecule has 92 valence electrons. The maximum absolute atomic E-state index is 13.4. The summed E-state index contributed by atoms with van der Waals surface area (Å²) in [5, 5.41) is 9.45. The van der Waals surface area contributed by atoms with E-state index in [9.17, 15) is 13.9 Å². The monoisotopic (exact) mass is 251 g/mol. The predicted molar refractivity (Wildman–Crippen MR) is 61.7 cm³/mol. The maximum atomic E-state index is 13.4. The topological polar surface area (TPSA) is 46.2 Å². The first kappa shape index (κ1) is 15.1. The molecule has 0 aliphatic carbocycles. The minimum absolute atomic E-state index is 0. The van der Waals surface area contributed by atoms with Gasteiger partial charge in [-0.15, -0.1) is 12.4 Å². The van der Waals surface area contributed by atoms with Gasteiger partial charge in [-0.05, 0) is 5.41 Å². The highest BCUT2D eigenvalue weighted by molar-refractivity contribution is 5.85. The van der Waals surface area contributed by atoms with Crippen molar-refractivity contribution in [3.63, 3.8) is 0 Å². The van der Waals surface area contributed by atoms with Crippen LogP contribution in [0.4, 0.5) is 8.78 Å². The molecule has 5 heteroatoms. The van der Waals surface area contributed by atoms with Crippen LogP contribution in [0.15, 0.2) is 12.1 Å². The van der Waals surface area contributed by atoms with Gasteiger partial charge in [-0.2, -0.15) is 0 Å². The van der Waals surface area contributed by atoms with Gasteiger partial charge in [0.15, 0.2) is 0 Å². The number of aromatic hydroxyl groups is 1. The molecule has 1 rings (SSSR count). The standard InChI is InChI=1S/C11H15F2NO.ClH/c1-11(2,3)10(14)9-7(13)4-6(12)5-8(9)15;/h4-5,10,15H,14H2,1-3H3;1H/t10-;/m0./s1. The van der Waals surface area contributed by atoms with E-state index in [1.807, 2.05) is 20.8 Å². The lowest BCUT2D eigenvalue weighted by molar-refractivity contribution is 0.308. The lowest BCUT2D eigenvalue weighted by Crippen LogP contribution is -2.27. The predicted octanol–water partition coefficient (Wildman–Crippen LogP) is 3.14. The zero-order chi connectivity index (χ0) is 11.8. The minimum Gasteiger partial charge on any atom is -0.507 e. The van der Waals surface area contributed by atoms with E-state index in [0.717, 1.165) is 12.1 Å². The fourth-order valence-electron chi connectivity index (χ4n) is 1.31. The molecule has 1 aromatic rings. The summed E-state index contributed by atoms with van der Waals surface area (Å²) < 4.78 is 26.1. The largest absolute Gasteiger partial charge is 0.507 e. The number of rotatable bonds is 1. The molecule has 3 N–H and O–H groups in total. The SMILES string of the molecule is CC(C)(C)[C@@H](N)c1c(O)cc(F)cc1F.Cl. The molecule has 2 nitrogen and oxygen atoms in total. The number of halogens is 3. The average molecular weight is 252 g/mol. The Bertz CT molecular complexity index is 354. The molecular formula is C11H16ClF2NO. The molecule has 0 fully saturated rings. The van der Waals surface area contributed by atoms with Crippen molar-refractivity contribution in [2.45, 2.75) is 26.8 Å². The van der Waals surface area contributed by atoms with Crippen molar-refractivity contribution in [1.29, 1.82) is 0 Å². The van der Waals surface area contributed by atoms with Gasteiger partial charge in [0.1, 0.15) is 17.4 Å². The molecular weight excluding hydrogens is 236 g/mol. The molecule has 1 aromatic carbocycles. The lowest BCUT2D eigenvalue weighted by Gasteiger charge is -2.28. The first-order valence-electron chi connectivity index (χ1n) is 4.67. The third-order valence-electron chi connectivity index (χ3n) is 2.32. The number of benzene rings is 1. The zero-order valence-corrected chi connectivity index (χ0v) is 10.2. The van der Waals surface area contributed by atoms with Gasteiger partial charge in [0.2, 0.25) is 0 Å². The van der Waals surface area contributed by atoms with Gasteiger partial charge in [-0.3, -0.25) is 0 Å². The van der Waals surface area contributed by atoms with Gasteiger partial charge in [-0.25, -0.2) is 8.78 Å². The summed E-state index contributed by atoms with van der Waals surface area (Å²) in [5.74, 6) is -2.06. The van der Waals surface area contributed by atoms with Crippen molar-refractivity contribution < 1.29 is 13.9 Å². The van der Waals surface area contributed by atoms with E-state index in [-0.39, 0.29) is 18.0 Å². The fourth-order valence-corrected chi connectivity index (χ4v) is 1.31. The molecule has 0 aliphatic rings.